The molecule has 0 saturated heterocycles. The molecule has 0 saturated carbocycles. The molecule has 0 aliphatic heterocycles. The summed E-state index contributed by atoms with van der Waals surface area (Å²) in [5.74, 6) is -1.52. The molecule has 12 heteroatoms. The molecule has 2 N–H and O–H groups in total. The second kappa shape index (κ2) is 23.8. The molecule has 121 valence electrons. The minimum atomic E-state index is -1.28. The fourth-order valence-electron chi connectivity index (χ4n) is 0.882. The molecule has 2 atom stereocenters. The first-order valence-electron chi connectivity index (χ1n) is 4.94. The van der Waals surface area contributed by atoms with E-state index in [1.165, 1.54) is 6.29 Å². The molecule has 0 fully saturated rings. The van der Waals surface area contributed by atoms with Gasteiger partial charge in [0.05, 0.1) is 5.91 Å². The third-order valence-electron chi connectivity index (χ3n) is 1.66. The van der Waals surface area contributed by atoms with Crippen molar-refractivity contribution in [3.8, 4) is 0 Å². The molecular formula is C10H16BN3O5STcY-. The first kappa shape index (κ1) is 34.0. The van der Waals surface area contributed by atoms with Crippen LogP contribution in [-0.4, -0.2) is 69.7 Å². The number of carbonyl (C=O) groups excluding carboxylic acids is 3. The van der Waals surface area contributed by atoms with Gasteiger partial charge >= 0.3 is 22.4 Å². The zero-order valence-electron chi connectivity index (χ0n) is 12.2. The van der Waals surface area contributed by atoms with Crippen molar-refractivity contribution in [1.82, 2.24) is 5.32 Å². The first-order chi connectivity index (χ1) is 9.08. The quantitative estimate of drug-likeness (QED) is 0.238. The van der Waals surface area contributed by atoms with E-state index in [9.17, 15) is 14.4 Å². The van der Waals surface area contributed by atoms with E-state index in [1.807, 2.05) is 0 Å². The van der Waals surface area contributed by atoms with Crippen molar-refractivity contribution in [2.45, 2.75) is 12.1 Å². The van der Waals surface area contributed by atoms with E-state index in [0.717, 1.165) is 18.9 Å². The van der Waals surface area contributed by atoms with Gasteiger partial charge in [0.1, 0.15) is 0 Å². The van der Waals surface area contributed by atoms with E-state index in [2.05, 4.69) is 28.6 Å². The number of likely N-dealkylation sites (N-methyl/N-ethyl adjacent to an activating group) is 1. The molecule has 0 aromatic heterocycles. The smallest absolute Gasteiger partial charge is 0 e. The van der Waals surface area contributed by atoms with Crippen LogP contribution in [-0.2, 0) is 82.1 Å². The van der Waals surface area contributed by atoms with Crippen molar-refractivity contribution in [3.05, 3.63) is 18.1 Å². The topological polar surface area (TPSA) is 129 Å². The standard InChI is InChI=1S/C9H16N3O4S.CH3.B.O.Tc.Y/c1-10-2-8(15)12-7(4-14)9(16)11-6(3-13)5-17;;;;;/h6-7,10,14H,2,4-5H2,1H3,(H3,11,12,15,16,17);1H3;;;;/q2*-1;;;+4;/p-3/t6-,7+;;;;;/m1...../s1. The summed E-state index contributed by atoms with van der Waals surface area (Å²) in [4.78, 5) is 32.8. The summed E-state index contributed by atoms with van der Waals surface area (Å²) in [6.45, 7) is -0.700. The number of aliphatic hydroxyl groups excluding tert-OH is 1. The van der Waals surface area contributed by atoms with Crippen LogP contribution in [0.2, 0.25) is 0 Å². The van der Waals surface area contributed by atoms with Crippen molar-refractivity contribution in [2.75, 3.05) is 26.0 Å². The van der Waals surface area contributed by atoms with Crippen LogP contribution < -0.4 is 5.32 Å². The molecule has 4 radical (unpaired) electrons. The summed E-state index contributed by atoms with van der Waals surface area (Å²) >= 11 is 5.46. The molecule has 0 heterocycles. The predicted molar refractivity (Wildman–Crippen MR) is 76.1 cm³/mol. The van der Waals surface area contributed by atoms with Crippen LogP contribution in [0.15, 0.2) is 0 Å². The van der Waals surface area contributed by atoms with E-state index in [4.69, 9.17) is 8.61 Å². The summed E-state index contributed by atoms with van der Waals surface area (Å²) in [5.41, 5.74) is 0. The molecule has 0 bridgehead atoms. The van der Waals surface area contributed by atoms with Crippen molar-refractivity contribution in [2.24, 2.45) is 0 Å². The Hall–Kier alpha value is 0.498. The maximum absolute atomic E-state index is 11.4. The van der Waals surface area contributed by atoms with Crippen LogP contribution in [0.5, 0.6) is 0 Å². The van der Waals surface area contributed by atoms with Gasteiger partial charge in [-0.1, -0.05) is 0 Å². The number of aliphatic hydroxyl groups is 1. The third kappa shape index (κ3) is 16.9. The molecule has 22 heavy (non-hydrogen) atoms. The van der Waals surface area contributed by atoms with E-state index in [1.54, 1.807) is 7.05 Å². The Bertz CT molecular complexity index is 308. The summed E-state index contributed by atoms with van der Waals surface area (Å²) in [5, 5.41) is 18.3. The maximum atomic E-state index is 11.4. The van der Waals surface area contributed by atoms with E-state index in [0.29, 0.717) is 0 Å². The first-order valence-corrected chi connectivity index (χ1v) is 6.27. The van der Waals surface area contributed by atoms with Gasteiger partial charge in [-0.05, 0) is 13.1 Å². The average Bonchev–Trinajstić information content (AvgIpc) is 2.44. The van der Waals surface area contributed by atoms with Crippen LogP contribution >= 0.6 is 0 Å². The minimum Gasteiger partial charge on any atom is 0 e. The molecule has 0 aromatic rings. The van der Waals surface area contributed by atoms with Crippen molar-refractivity contribution in [1.29, 1.82) is 0 Å². The van der Waals surface area contributed by atoms with Gasteiger partial charge in [0, 0.05) is 60.2 Å². The third-order valence-corrected chi connectivity index (χ3v) is 1.98. The van der Waals surface area contributed by atoms with Gasteiger partial charge in [0.15, 0.2) is 0 Å². The number of hydrogen-bond acceptors (Lipinski definition) is 7. The van der Waals surface area contributed by atoms with Crippen LogP contribution in [0.3, 0.4) is 0 Å². The molecular weight excluding hydrogens is 472 g/mol. The zero-order valence-corrected chi connectivity index (χ0v) is 17.7. The average molecular weight is 488 g/mol. The Balaban J connectivity index is -0.000000184. The minimum absolute atomic E-state index is 0. The SMILES string of the molecule is CNCC(=O)[N-][C@@H](CO)C(=O)[N-][C@H]([C-]=O)C[S-].[B].[CH3-].[O]=[Tc+4].[Y]. The van der Waals surface area contributed by atoms with E-state index in [-0.39, 0.29) is 60.8 Å². The molecule has 0 rings (SSSR count). The molecule has 0 aliphatic rings. The molecule has 8 nitrogen and oxygen atoms in total. The summed E-state index contributed by atoms with van der Waals surface area (Å²) < 4.78 is 8.22. The Morgan fingerprint density at radius 3 is 2.18 bits per heavy atom. The van der Waals surface area contributed by atoms with Crippen LogP contribution in [0.4, 0.5) is 0 Å². The van der Waals surface area contributed by atoms with Gasteiger partial charge < -0.3 is 55.5 Å². The molecule has 0 aliphatic carbocycles. The van der Waals surface area contributed by atoms with Crippen LogP contribution in [0, 0.1) is 7.43 Å². The van der Waals surface area contributed by atoms with Gasteiger partial charge in [-0.25, -0.2) is 11.8 Å². The summed E-state index contributed by atoms with van der Waals surface area (Å²) in [6, 6.07) is -2.34. The Morgan fingerprint density at radius 1 is 1.36 bits per heavy atom. The monoisotopic (exact) mass is 487 g/mol. The summed E-state index contributed by atoms with van der Waals surface area (Å²) in [7, 11) is 1.54. The van der Waals surface area contributed by atoms with Crippen molar-refractivity contribution >= 4 is 39.1 Å². The Kier molecular flexibility index (Phi) is 36.7. The summed E-state index contributed by atoms with van der Waals surface area (Å²) in [6.07, 6.45) is 1.48. The van der Waals surface area contributed by atoms with Gasteiger partial charge in [0.2, 0.25) is 0 Å². The zero-order chi connectivity index (χ0) is 15.3. The van der Waals surface area contributed by atoms with Crippen molar-refractivity contribution in [3.63, 3.8) is 0 Å². The predicted octanol–water partition coefficient (Wildman–Crippen LogP) is -1.66. The van der Waals surface area contributed by atoms with Crippen LogP contribution in [0.1, 0.15) is 0 Å². The Labute approximate surface area is 174 Å². The fraction of sp³-hybridized carbons (Fsp3) is 0.600. The molecule has 2 amide bonds. The van der Waals surface area contributed by atoms with Crippen molar-refractivity contribution < 1.29 is 74.6 Å². The van der Waals surface area contributed by atoms with Gasteiger partial charge in [-0.3, -0.25) is 6.29 Å². The molecule has 0 spiro atoms. The number of nitrogens with one attached hydrogen (secondary N) is 1. The molecule has 0 unspecified atom stereocenters. The number of nitrogens with zero attached hydrogens (tertiary/aromatic N) is 2. The number of hydrogen-bond donors (Lipinski definition) is 2. The number of carbonyl (C=O) groups is 2. The Morgan fingerprint density at radius 2 is 1.86 bits per heavy atom. The number of amides is 2. The number of rotatable bonds is 8. The largest absolute Gasteiger partial charge is 0 e. The maximum Gasteiger partial charge on any atom is 0 e. The van der Waals surface area contributed by atoms with Crippen LogP contribution in [0.25, 0.3) is 10.6 Å². The van der Waals surface area contributed by atoms with Gasteiger partial charge in [-0.15, -0.1) is 0 Å². The van der Waals surface area contributed by atoms with Gasteiger partial charge in [-0.2, -0.15) is 0 Å². The molecule has 0 aromatic carbocycles. The second-order valence-electron chi connectivity index (χ2n) is 3.02. The van der Waals surface area contributed by atoms with E-state index >= 15 is 0 Å². The second-order valence-corrected chi connectivity index (χ2v) is 3.35. The fourth-order valence-corrected chi connectivity index (χ4v) is 1.02. The van der Waals surface area contributed by atoms with Gasteiger partial charge in [0.25, 0.3) is 0 Å². The van der Waals surface area contributed by atoms with E-state index < -0.39 is 30.5 Å². The normalized spacial score (nSPS) is 10.8.